The van der Waals surface area contributed by atoms with E-state index in [1.54, 1.807) is 0 Å². The molecule has 2 aliphatic rings. The van der Waals surface area contributed by atoms with E-state index in [-0.39, 0.29) is 19.0 Å². The van der Waals surface area contributed by atoms with Crippen LogP contribution in [-0.4, -0.2) is 48.6 Å². The van der Waals surface area contributed by atoms with Crippen LogP contribution in [0.2, 0.25) is 0 Å². The molecule has 6 nitrogen and oxygen atoms in total. The number of allylic oxidation sites excluding steroid dienone is 1. The molecule has 0 unspecified atom stereocenters. The Morgan fingerprint density at radius 2 is 1.71 bits per heavy atom. The Morgan fingerprint density at radius 3 is 2.32 bits per heavy atom. The third-order valence-electron chi connectivity index (χ3n) is 6.12. The molecule has 1 saturated heterocycles. The second-order valence-electron chi connectivity index (χ2n) is 8.68. The number of alkyl halides is 3. The van der Waals surface area contributed by atoms with E-state index in [4.69, 9.17) is 5.73 Å². The highest BCUT2D eigenvalue weighted by molar-refractivity contribution is 6.09. The lowest BCUT2D eigenvalue weighted by atomic mass is 9.94. The molecule has 0 spiro atoms. The number of amidine groups is 1. The quantitative estimate of drug-likeness (QED) is 0.445. The van der Waals surface area contributed by atoms with E-state index in [9.17, 15) is 18.0 Å². The summed E-state index contributed by atoms with van der Waals surface area (Å²) in [5, 5.41) is 5.72. The standard InChI is InChI=1S/C25H28F3N5O/c26-25(27,28)16-33-14-20(17-8-3-1-4-9-17)22(15-33)31-24(34)32-23(19-12-7-13-21(19)29)30-18-10-5-2-6-11-18/h1-6,8-11,20,22H,7,12-16,29H2,(H2,30,31,32,34)/t20-,22+/m0/s1. The second-order valence-corrected chi connectivity index (χ2v) is 8.68. The molecule has 1 aliphatic heterocycles. The second kappa shape index (κ2) is 10.3. The van der Waals surface area contributed by atoms with E-state index in [1.165, 1.54) is 4.90 Å². The normalized spacial score (nSPS) is 21.7. The Labute approximate surface area is 196 Å². The van der Waals surface area contributed by atoms with Crippen LogP contribution in [0.25, 0.3) is 0 Å². The lowest BCUT2D eigenvalue weighted by molar-refractivity contribution is -0.143. The number of nitrogens with zero attached hydrogens (tertiary/aromatic N) is 2. The van der Waals surface area contributed by atoms with E-state index in [0.717, 1.165) is 24.0 Å². The van der Waals surface area contributed by atoms with Crippen LogP contribution in [0.4, 0.5) is 23.7 Å². The first kappa shape index (κ1) is 23.8. The number of carbonyl (C=O) groups is 1. The minimum absolute atomic E-state index is 0.0997. The highest BCUT2D eigenvalue weighted by Gasteiger charge is 2.40. The SMILES string of the molecule is NC1=C(C(=Nc2ccccc2)NC(=O)N[C@@H]2CN(CC(F)(F)F)C[C@H]2c2ccccc2)CCC1. The van der Waals surface area contributed by atoms with Crippen molar-refractivity contribution in [2.24, 2.45) is 10.7 Å². The van der Waals surface area contributed by atoms with Gasteiger partial charge in [0, 0.05) is 30.3 Å². The third kappa shape index (κ3) is 6.17. The number of aliphatic imine (C=N–C) groups is 1. The van der Waals surface area contributed by atoms with Gasteiger partial charge in [-0.1, -0.05) is 48.5 Å². The van der Waals surface area contributed by atoms with Crippen molar-refractivity contribution in [1.29, 1.82) is 0 Å². The number of benzene rings is 2. The zero-order valence-corrected chi connectivity index (χ0v) is 18.7. The number of amides is 2. The molecule has 2 atom stereocenters. The van der Waals surface area contributed by atoms with Gasteiger partial charge in [-0.25, -0.2) is 9.79 Å². The van der Waals surface area contributed by atoms with Gasteiger partial charge in [-0.15, -0.1) is 0 Å². The molecule has 0 radical (unpaired) electrons. The van der Waals surface area contributed by atoms with Crippen molar-refractivity contribution in [2.75, 3.05) is 19.6 Å². The van der Waals surface area contributed by atoms with Crippen LogP contribution in [0.3, 0.4) is 0 Å². The van der Waals surface area contributed by atoms with E-state index in [0.29, 0.717) is 23.6 Å². The summed E-state index contributed by atoms with van der Waals surface area (Å²) in [5.41, 5.74) is 9.20. The molecule has 34 heavy (non-hydrogen) atoms. The van der Waals surface area contributed by atoms with Crippen LogP contribution in [0, 0.1) is 0 Å². The molecule has 2 aromatic carbocycles. The third-order valence-corrected chi connectivity index (χ3v) is 6.12. The average molecular weight is 472 g/mol. The largest absolute Gasteiger partial charge is 0.402 e. The predicted molar refractivity (Wildman–Crippen MR) is 126 cm³/mol. The first-order chi connectivity index (χ1) is 16.3. The summed E-state index contributed by atoms with van der Waals surface area (Å²) in [7, 11) is 0. The molecule has 0 aromatic heterocycles. The van der Waals surface area contributed by atoms with Gasteiger partial charge in [-0.2, -0.15) is 13.2 Å². The fourth-order valence-electron chi connectivity index (χ4n) is 4.60. The number of para-hydroxylation sites is 1. The van der Waals surface area contributed by atoms with Crippen LogP contribution in [0.15, 0.2) is 76.9 Å². The predicted octanol–water partition coefficient (Wildman–Crippen LogP) is 4.44. The van der Waals surface area contributed by atoms with Gasteiger partial charge in [0.2, 0.25) is 0 Å². The highest BCUT2D eigenvalue weighted by Crippen LogP contribution is 2.30. The van der Waals surface area contributed by atoms with E-state index >= 15 is 0 Å². The number of urea groups is 1. The summed E-state index contributed by atoms with van der Waals surface area (Å²) in [6.07, 6.45) is -1.99. The van der Waals surface area contributed by atoms with E-state index < -0.39 is 24.8 Å². The fraction of sp³-hybridized carbons (Fsp3) is 0.360. The van der Waals surface area contributed by atoms with Crippen molar-refractivity contribution in [3.8, 4) is 0 Å². The summed E-state index contributed by atoms with van der Waals surface area (Å²) < 4.78 is 39.1. The topological polar surface area (TPSA) is 82.7 Å². The van der Waals surface area contributed by atoms with Crippen molar-refractivity contribution in [3.63, 3.8) is 0 Å². The van der Waals surface area contributed by atoms with Crippen molar-refractivity contribution >= 4 is 17.6 Å². The van der Waals surface area contributed by atoms with Crippen LogP contribution in [0.1, 0.15) is 30.7 Å². The summed E-state index contributed by atoms with van der Waals surface area (Å²) >= 11 is 0. The minimum atomic E-state index is -4.31. The summed E-state index contributed by atoms with van der Waals surface area (Å²) in [5.74, 6) is 0.111. The van der Waals surface area contributed by atoms with Crippen LogP contribution >= 0.6 is 0 Å². The first-order valence-electron chi connectivity index (χ1n) is 11.3. The summed E-state index contributed by atoms with van der Waals surface area (Å²) in [6, 6.07) is 17.5. The Hall–Kier alpha value is -3.33. The molecule has 2 amide bonds. The molecule has 1 heterocycles. The monoisotopic (exact) mass is 471 g/mol. The van der Waals surface area contributed by atoms with Gasteiger partial charge in [0.05, 0.1) is 18.3 Å². The molecular formula is C25H28F3N5O. The summed E-state index contributed by atoms with van der Waals surface area (Å²) in [6.45, 7) is -0.708. The number of nitrogens with two attached hydrogens (primary N) is 1. The van der Waals surface area contributed by atoms with Crippen LogP contribution < -0.4 is 16.4 Å². The molecule has 0 saturated carbocycles. The number of hydrogen-bond donors (Lipinski definition) is 3. The fourth-order valence-corrected chi connectivity index (χ4v) is 4.60. The number of halogens is 3. The molecule has 9 heteroatoms. The van der Waals surface area contributed by atoms with Gasteiger partial charge in [-0.05, 0) is 37.0 Å². The van der Waals surface area contributed by atoms with Gasteiger partial charge in [-0.3, -0.25) is 10.2 Å². The number of nitrogens with one attached hydrogen (secondary N) is 2. The van der Waals surface area contributed by atoms with E-state index in [1.807, 2.05) is 60.7 Å². The first-order valence-corrected chi connectivity index (χ1v) is 11.3. The smallest absolute Gasteiger partial charge is 0.401 e. The lowest BCUT2D eigenvalue weighted by Gasteiger charge is -2.21. The molecule has 2 aromatic rings. The molecular weight excluding hydrogens is 443 g/mol. The Bertz CT molecular complexity index is 1050. The summed E-state index contributed by atoms with van der Waals surface area (Å²) in [4.78, 5) is 19.0. The van der Waals surface area contributed by atoms with Crippen molar-refractivity contribution in [3.05, 3.63) is 77.5 Å². The van der Waals surface area contributed by atoms with Crippen LogP contribution in [0.5, 0.6) is 0 Å². The maximum atomic E-state index is 13.0. The molecule has 0 bridgehead atoms. The lowest BCUT2D eigenvalue weighted by Crippen LogP contribution is -2.47. The zero-order valence-electron chi connectivity index (χ0n) is 18.7. The Kier molecular flexibility index (Phi) is 7.21. The van der Waals surface area contributed by atoms with Gasteiger partial charge >= 0.3 is 12.2 Å². The van der Waals surface area contributed by atoms with Gasteiger partial charge < -0.3 is 11.1 Å². The van der Waals surface area contributed by atoms with Gasteiger partial charge in [0.15, 0.2) is 0 Å². The zero-order chi connectivity index (χ0) is 24.1. The molecule has 1 fully saturated rings. The van der Waals surface area contributed by atoms with E-state index in [2.05, 4.69) is 15.6 Å². The minimum Gasteiger partial charge on any atom is -0.402 e. The molecule has 1 aliphatic carbocycles. The van der Waals surface area contributed by atoms with Gasteiger partial charge in [0.1, 0.15) is 5.84 Å². The van der Waals surface area contributed by atoms with Crippen LogP contribution in [-0.2, 0) is 0 Å². The molecule has 4 N–H and O–H groups in total. The number of rotatable bonds is 5. The molecule has 4 rings (SSSR count). The number of carbonyl (C=O) groups excluding carboxylic acids is 1. The Balaban J connectivity index is 1.52. The van der Waals surface area contributed by atoms with Crippen molar-refractivity contribution in [2.45, 2.75) is 37.4 Å². The van der Waals surface area contributed by atoms with Crippen molar-refractivity contribution in [1.82, 2.24) is 15.5 Å². The Morgan fingerprint density at radius 1 is 1.03 bits per heavy atom. The highest BCUT2D eigenvalue weighted by atomic mass is 19.4. The maximum absolute atomic E-state index is 13.0. The molecule has 180 valence electrons. The average Bonchev–Trinajstić information content (AvgIpc) is 3.39. The maximum Gasteiger partial charge on any atom is 0.401 e. The number of likely N-dealkylation sites (tertiary alicyclic amines) is 1. The van der Waals surface area contributed by atoms with Crippen molar-refractivity contribution < 1.29 is 18.0 Å². The number of hydrogen-bond acceptors (Lipinski definition) is 4. The van der Waals surface area contributed by atoms with Gasteiger partial charge in [0.25, 0.3) is 0 Å².